The molecule has 1 N–H and O–H groups in total. The minimum absolute atomic E-state index is 0.0707. The van der Waals surface area contributed by atoms with Gasteiger partial charge in [0.1, 0.15) is 0 Å². The predicted molar refractivity (Wildman–Crippen MR) is 95.7 cm³/mol. The molecule has 0 aliphatic heterocycles. The quantitative estimate of drug-likeness (QED) is 0.705. The van der Waals surface area contributed by atoms with Gasteiger partial charge in [0, 0.05) is 11.3 Å². The summed E-state index contributed by atoms with van der Waals surface area (Å²) in [5, 5.41) is 2.97. The molecule has 0 aliphatic rings. The minimum Gasteiger partial charge on any atom is -0.322 e. The fraction of sp³-hybridized carbons (Fsp3) is 0.0952. The average molecular weight is 301 g/mol. The van der Waals surface area contributed by atoms with Crippen molar-refractivity contribution in [2.45, 2.75) is 13.8 Å². The maximum atomic E-state index is 12.4. The standard InChI is InChI=1S/C21H19NO/c1-15-8-9-16(2)20(14-15)21(23)22-19-12-10-18(11-13-19)17-6-4-3-5-7-17/h3-14H,1-2H3,(H,22,23). The fourth-order valence-corrected chi connectivity index (χ4v) is 2.56. The highest BCUT2D eigenvalue weighted by atomic mass is 16.1. The first kappa shape index (κ1) is 15.0. The van der Waals surface area contributed by atoms with Crippen molar-refractivity contribution in [1.82, 2.24) is 0 Å². The first-order chi connectivity index (χ1) is 11.1. The van der Waals surface area contributed by atoms with Crippen molar-refractivity contribution in [3.8, 4) is 11.1 Å². The van der Waals surface area contributed by atoms with Crippen LogP contribution in [0, 0.1) is 13.8 Å². The van der Waals surface area contributed by atoms with Gasteiger partial charge in [-0.3, -0.25) is 4.79 Å². The van der Waals surface area contributed by atoms with Gasteiger partial charge in [0.15, 0.2) is 0 Å². The van der Waals surface area contributed by atoms with E-state index in [0.29, 0.717) is 0 Å². The second-order valence-corrected chi connectivity index (χ2v) is 5.72. The number of hydrogen-bond acceptors (Lipinski definition) is 1. The third kappa shape index (κ3) is 3.49. The molecule has 0 bridgehead atoms. The third-order valence-corrected chi connectivity index (χ3v) is 3.89. The van der Waals surface area contributed by atoms with Crippen LogP contribution in [0.15, 0.2) is 72.8 Å². The van der Waals surface area contributed by atoms with Gasteiger partial charge in [-0.05, 0) is 48.7 Å². The largest absolute Gasteiger partial charge is 0.322 e. The van der Waals surface area contributed by atoms with Gasteiger partial charge >= 0.3 is 0 Å². The summed E-state index contributed by atoms with van der Waals surface area (Å²) >= 11 is 0. The number of benzene rings is 3. The molecule has 114 valence electrons. The van der Waals surface area contributed by atoms with Crippen LogP contribution in [0.4, 0.5) is 5.69 Å². The molecule has 0 saturated heterocycles. The number of carbonyl (C=O) groups excluding carboxylic acids is 1. The lowest BCUT2D eigenvalue weighted by Crippen LogP contribution is -2.13. The summed E-state index contributed by atoms with van der Waals surface area (Å²) in [5.74, 6) is -0.0707. The zero-order valence-electron chi connectivity index (χ0n) is 13.3. The van der Waals surface area contributed by atoms with Gasteiger partial charge < -0.3 is 5.32 Å². The summed E-state index contributed by atoms with van der Waals surface area (Å²) in [5.41, 5.74) is 5.89. The van der Waals surface area contributed by atoms with Crippen LogP contribution in [0.2, 0.25) is 0 Å². The highest BCUT2D eigenvalue weighted by molar-refractivity contribution is 6.05. The van der Waals surface area contributed by atoms with Gasteiger partial charge in [-0.15, -0.1) is 0 Å². The summed E-state index contributed by atoms with van der Waals surface area (Å²) in [6.07, 6.45) is 0. The molecule has 0 aliphatic carbocycles. The highest BCUT2D eigenvalue weighted by Crippen LogP contribution is 2.21. The molecule has 3 rings (SSSR count). The summed E-state index contributed by atoms with van der Waals surface area (Å²) in [6, 6.07) is 24.0. The molecule has 0 unspecified atom stereocenters. The summed E-state index contributed by atoms with van der Waals surface area (Å²) in [7, 11) is 0. The lowest BCUT2D eigenvalue weighted by atomic mass is 10.0. The van der Waals surface area contributed by atoms with E-state index in [2.05, 4.69) is 17.4 Å². The van der Waals surface area contributed by atoms with Crippen LogP contribution in [0.3, 0.4) is 0 Å². The number of carbonyl (C=O) groups is 1. The monoisotopic (exact) mass is 301 g/mol. The molecular formula is C21H19NO. The molecule has 0 atom stereocenters. The van der Waals surface area contributed by atoms with Gasteiger partial charge in [0.25, 0.3) is 5.91 Å². The Bertz CT molecular complexity index is 820. The van der Waals surface area contributed by atoms with E-state index >= 15 is 0 Å². The van der Waals surface area contributed by atoms with E-state index in [4.69, 9.17) is 0 Å². The molecule has 3 aromatic carbocycles. The van der Waals surface area contributed by atoms with Crippen molar-refractivity contribution in [1.29, 1.82) is 0 Å². The van der Waals surface area contributed by atoms with E-state index in [1.54, 1.807) is 0 Å². The average Bonchev–Trinajstić information content (AvgIpc) is 2.58. The maximum Gasteiger partial charge on any atom is 0.255 e. The molecule has 2 heteroatoms. The molecule has 0 spiro atoms. The van der Waals surface area contributed by atoms with Crippen LogP contribution in [0.1, 0.15) is 21.5 Å². The van der Waals surface area contributed by atoms with E-state index in [1.165, 1.54) is 5.56 Å². The second-order valence-electron chi connectivity index (χ2n) is 5.72. The molecule has 0 heterocycles. The highest BCUT2D eigenvalue weighted by Gasteiger charge is 2.09. The first-order valence-electron chi connectivity index (χ1n) is 7.67. The van der Waals surface area contributed by atoms with Crippen LogP contribution in [0.25, 0.3) is 11.1 Å². The Morgan fingerprint density at radius 2 is 1.43 bits per heavy atom. The van der Waals surface area contributed by atoms with Crippen LogP contribution in [-0.4, -0.2) is 5.91 Å². The van der Waals surface area contributed by atoms with E-state index in [0.717, 1.165) is 27.9 Å². The zero-order chi connectivity index (χ0) is 16.2. The van der Waals surface area contributed by atoms with Gasteiger partial charge in [0.2, 0.25) is 0 Å². The van der Waals surface area contributed by atoms with Gasteiger partial charge in [-0.1, -0.05) is 60.2 Å². The Labute approximate surface area is 136 Å². The van der Waals surface area contributed by atoms with Crippen LogP contribution in [0.5, 0.6) is 0 Å². The first-order valence-corrected chi connectivity index (χ1v) is 7.67. The zero-order valence-corrected chi connectivity index (χ0v) is 13.3. The van der Waals surface area contributed by atoms with Crippen molar-refractivity contribution in [3.05, 3.63) is 89.5 Å². The van der Waals surface area contributed by atoms with E-state index in [9.17, 15) is 4.79 Å². The number of nitrogens with one attached hydrogen (secondary N) is 1. The van der Waals surface area contributed by atoms with E-state index in [-0.39, 0.29) is 5.91 Å². The molecule has 0 aromatic heterocycles. The lowest BCUT2D eigenvalue weighted by Gasteiger charge is -2.09. The Morgan fingerprint density at radius 1 is 0.783 bits per heavy atom. The Balaban J connectivity index is 1.78. The van der Waals surface area contributed by atoms with E-state index in [1.807, 2.05) is 74.5 Å². The Kier molecular flexibility index (Phi) is 4.24. The molecular weight excluding hydrogens is 282 g/mol. The van der Waals surface area contributed by atoms with Crippen molar-refractivity contribution < 1.29 is 4.79 Å². The molecule has 1 amide bonds. The maximum absolute atomic E-state index is 12.4. The minimum atomic E-state index is -0.0707. The van der Waals surface area contributed by atoms with Crippen molar-refractivity contribution >= 4 is 11.6 Å². The number of aryl methyl sites for hydroxylation is 2. The number of anilines is 1. The van der Waals surface area contributed by atoms with E-state index < -0.39 is 0 Å². The number of amides is 1. The molecule has 0 saturated carbocycles. The normalized spacial score (nSPS) is 10.3. The SMILES string of the molecule is Cc1ccc(C)c(C(=O)Nc2ccc(-c3ccccc3)cc2)c1. The van der Waals surface area contributed by atoms with Crippen LogP contribution < -0.4 is 5.32 Å². The van der Waals surface area contributed by atoms with Crippen LogP contribution in [-0.2, 0) is 0 Å². The van der Waals surface area contributed by atoms with Gasteiger partial charge in [0.05, 0.1) is 0 Å². The van der Waals surface area contributed by atoms with Gasteiger partial charge in [-0.25, -0.2) is 0 Å². The second kappa shape index (κ2) is 6.49. The Morgan fingerprint density at radius 3 is 2.13 bits per heavy atom. The Hall–Kier alpha value is -2.87. The summed E-state index contributed by atoms with van der Waals surface area (Å²) < 4.78 is 0. The smallest absolute Gasteiger partial charge is 0.255 e. The summed E-state index contributed by atoms with van der Waals surface area (Å²) in [4.78, 5) is 12.4. The number of rotatable bonds is 3. The van der Waals surface area contributed by atoms with Crippen molar-refractivity contribution in [3.63, 3.8) is 0 Å². The lowest BCUT2D eigenvalue weighted by molar-refractivity contribution is 0.102. The summed E-state index contributed by atoms with van der Waals surface area (Å²) in [6.45, 7) is 3.94. The van der Waals surface area contributed by atoms with Crippen molar-refractivity contribution in [2.75, 3.05) is 5.32 Å². The molecule has 23 heavy (non-hydrogen) atoms. The molecule has 3 aromatic rings. The molecule has 0 fully saturated rings. The van der Waals surface area contributed by atoms with Crippen LogP contribution >= 0.6 is 0 Å². The molecule has 0 radical (unpaired) electrons. The molecule has 2 nitrogen and oxygen atoms in total. The number of hydrogen-bond donors (Lipinski definition) is 1. The fourth-order valence-electron chi connectivity index (χ4n) is 2.56. The third-order valence-electron chi connectivity index (χ3n) is 3.89. The van der Waals surface area contributed by atoms with Crippen molar-refractivity contribution in [2.24, 2.45) is 0 Å². The van der Waals surface area contributed by atoms with Gasteiger partial charge in [-0.2, -0.15) is 0 Å². The topological polar surface area (TPSA) is 29.1 Å². The predicted octanol–water partition coefficient (Wildman–Crippen LogP) is 5.22.